The summed E-state index contributed by atoms with van der Waals surface area (Å²) in [5, 5.41) is 6.69. The number of halogens is 1. The Kier molecular flexibility index (Phi) is 12.3. The number of unbranched alkanes of at least 4 members (excludes halogenated alkanes) is 2. The van der Waals surface area contributed by atoms with Gasteiger partial charge in [0, 0.05) is 20.6 Å². The smallest absolute Gasteiger partial charge is 0.243 e. The molecule has 1 rings (SSSR count). The Morgan fingerprint density at radius 2 is 1.88 bits per heavy atom. The average Bonchev–Trinajstić information content (AvgIpc) is 2.56. The number of benzene rings is 1. The van der Waals surface area contributed by atoms with Gasteiger partial charge in [-0.3, -0.25) is 4.79 Å². The minimum Gasteiger partial charge on any atom is -0.356 e. The van der Waals surface area contributed by atoms with Crippen molar-refractivity contribution in [2.45, 2.75) is 39.2 Å². The van der Waals surface area contributed by atoms with Gasteiger partial charge >= 0.3 is 0 Å². The summed E-state index contributed by atoms with van der Waals surface area (Å²) >= 11 is 0. The molecule has 0 fully saturated rings. The molecule has 0 aromatic heterocycles. The standard InChI is InChI=1S/C18H30N4O.HI/c1-5-6-10-13-19-18(20-14-17(23)22(3)4)21-15(2)16-11-8-7-9-12-16;/h7-9,11-12,15H,5-6,10,13-14H2,1-4H3,(H2,19,20,21);1H. The summed E-state index contributed by atoms with van der Waals surface area (Å²) < 4.78 is 0. The summed E-state index contributed by atoms with van der Waals surface area (Å²) in [6.07, 6.45) is 3.46. The zero-order valence-corrected chi connectivity index (χ0v) is 17.5. The maximum absolute atomic E-state index is 11.7. The number of amides is 1. The Morgan fingerprint density at radius 3 is 2.46 bits per heavy atom. The van der Waals surface area contributed by atoms with Gasteiger partial charge in [0.25, 0.3) is 0 Å². The normalized spacial score (nSPS) is 12.1. The lowest BCUT2D eigenvalue weighted by Gasteiger charge is -2.19. The minimum absolute atomic E-state index is 0. The first-order valence-corrected chi connectivity index (χ1v) is 8.34. The van der Waals surface area contributed by atoms with Gasteiger partial charge in [0.05, 0.1) is 6.04 Å². The summed E-state index contributed by atoms with van der Waals surface area (Å²) in [7, 11) is 3.48. The SMILES string of the molecule is CCCCCNC(=NCC(=O)N(C)C)NC(C)c1ccccc1.I. The molecule has 0 aliphatic heterocycles. The van der Waals surface area contributed by atoms with Crippen LogP contribution >= 0.6 is 24.0 Å². The van der Waals surface area contributed by atoms with Crippen LogP contribution in [-0.2, 0) is 4.79 Å². The van der Waals surface area contributed by atoms with Crippen molar-refractivity contribution in [2.24, 2.45) is 4.99 Å². The highest BCUT2D eigenvalue weighted by molar-refractivity contribution is 14.0. The molecule has 1 aromatic rings. The molecule has 1 amide bonds. The number of nitrogens with one attached hydrogen (secondary N) is 2. The fourth-order valence-electron chi connectivity index (χ4n) is 2.05. The van der Waals surface area contributed by atoms with Gasteiger partial charge in [0.2, 0.25) is 5.91 Å². The van der Waals surface area contributed by atoms with E-state index in [2.05, 4.69) is 41.6 Å². The van der Waals surface area contributed by atoms with Gasteiger partial charge in [0.1, 0.15) is 6.54 Å². The number of carbonyl (C=O) groups is 1. The van der Waals surface area contributed by atoms with Crippen molar-refractivity contribution in [3.8, 4) is 0 Å². The molecule has 0 saturated heterocycles. The van der Waals surface area contributed by atoms with Crippen molar-refractivity contribution in [3.63, 3.8) is 0 Å². The molecule has 1 unspecified atom stereocenters. The molecule has 1 atom stereocenters. The van der Waals surface area contributed by atoms with E-state index in [1.54, 1.807) is 19.0 Å². The Balaban J connectivity index is 0.00000529. The van der Waals surface area contributed by atoms with Gasteiger partial charge in [-0.05, 0) is 18.9 Å². The summed E-state index contributed by atoms with van der Waals surface area (Å²) in [5.41, 5.74) is 1.19. The van der Waals surface area contributed by atoms with E-state index in [1.165, 1.54) is 18.4 Å². The van der Waals surface area contributed by atoms with E-state index >= 15 is 0 Å². The van der Waals surface area contributed by atoms with E-state index in [9.17, 15) is 4.79 Å². The van der Waals surface area contributed by atoms with Crippen molar-refractivity contribution in [3.05, 3.63) is 35.9 Å². The Labute approximate surface area is 163 Å². The summed E-state index contributed by atoms with van der Waals surface area (Å²) in [6, 6.07) is 10.3. The van der Waals surface area contributed by atoms with E-state index in [0.717, 1.165) is 13.0 Å². The zero-order chi connectivity index (χ0) is 17.1. The lowest BCUT2D eigenvalue weighted by Crippen LogP contribution is -2.40. The molecule has 0 aliphatic carbocycles. The Bertz CT molecular complexity index is 491. The van der Waals surface area contributed by atoms with Crippen molar-refractivity contribution >= 4 is 35.8 Å². The van der Waals surface area contributed by atoms with E-state index in [4.69, 9.17) is 0 Å². The van der Waals surface area contributed by atoms with Gasteiger partial charge in [-0.2, -0.15) is 0 Å². The molecule has 0 heterocycles. The predicted molar refractivity (Wildman–Crippen MR) is 112 cm³/mol. The molecule has 0 bridgehead atoms. The molecule has 136 valence electrons. The van der Waals surface area contributed by atoms with Crippen LogP contribution in [0.2, 0.25) is 0 Å². The first-order chi connectivity index (χ1) is 11.0. The highest BCUT2D eigenvalue weighted by Gasteiger charge is 2.09. The van der Waals surface area contributed by atoms with E-state index in [0.29, 0.717) is 5.96 Å². The highest BCUT2D eigenvalue weighted by Crippen LogP contribution is 2.10. The molecular formula is C18H31IN4O. The van der Waals surface area contributed by atoms with Gasteiger partial charge < -0.3 is 15.5 Å². The summed E-state index contributed by atoms with van der Waals surface area (Å²) in [4.78, 5) is 17.7. The Morgan fingerprint density at radius 1 is 1.21 bits per heavy atom. The molecule has 5 nitrogen and oxygen atoms in total. The number of guanidine groups is 1. The van der Waals surface area contributed by atoms with Crippen LogP contribution in [0.15, 0.2) is 35.3 Å². The van der Waals surface area contributed by atoms with Crippen LogP contribution in [0.1, 0.15) is 44.7 Å². The molecule has 2 N–H and O–H groups in total. The van der Waals surface area contributed by atoms with Crippen LogP contribution < -0.4 is 10.6 Å². The molecule has 1 aromatic carbocycles. The predicted octanol–water partition coefficient (Wildman–Crippen LogP) is 3.18. The maximum atomic E-state index is 11.7. The molecule has 0 saturated carbocycles. The third-order valence-electron chi connectivity index (χ3n) is 3.60. The lowest BCUT2D eigenvalue weighted by atomic mass is 10.1. The largest absolute Gasteiger partial charge is 0.356 e. The van der Waals surface area contributed by atoms with E-state index < -0.39 is 0 Å². The molecule has 0 spiro atoms. The first kappa shape index (κ1) is 22.7. The van der Waals surface area contributed by atoms with E-state index in [1.807, 2.05) is 18.2 Å². The third-order valence-corrected chi connectivity index (χ3v) is 3.60. The van der Waals surface area contributed by atoms with Crippen LogP contribution in [0.4, 0.5) is 0 Å². The number of hydrogen-bond acceptors (Lipinski definition) is 2. The maximum Gasteiger partial charge on any atom is 0.243 e. The summed E-state index contributed by atoms with van der Waals surface area (Å²) in [5.74, 6) is 0.680. The van der Waals surface area contributed by atoms with Crippen LogP contribution in [-0.4, -0.2) is 44.0 Å². The fraction of sp³-hybridized carbons (Fsp3) is 0.556. The van der Waals surface area contributed by atoms with Crippen molar-refractivity contribution in [1.82, 2.24) is 15.5 Å². The monoisotopic (exact) mass is 446 g/mol. The second-order valence-electron chi connectivity index (χ2n) is 5.86. The number of carbonyl (C=O) groups excluding carboxylic acids is 1. The first-order valence-electron chi connectivity index (χ1n) is 8.34. The van der Waals surface area contributed by atoms with Crippen molar-refractivity contribution < 1.29 is 4.79 Å². The van der Waals surface area contributed by atoms with Crippen molar-refractivity contribution in [2.75, 3.05) is 27.2 Å². The quantitative estimate of drug-likeness (QED) is 0.279. The van der Waals surface area contributed by atoms with Crippen LogP contribution in [0.25, 0.3) is 0 Å². The topological polar surface area (TPSA) is 56.7 Å². The number of likely N-dealkylation sites (N-methyl/N-ethyl adjacent to an activating group) is 1. The Hall–Kier alpha value is -1.31. The highest BCUT2D eigenvalue weighted by atomic mass is 127. The third kappa shape index (κ3) is 9.10. The average molecular weight is 446 g/mol. The van der Waals surface area contributed by atoms with Crippen LogP contribution in [0, 0.1) is 0 Å². The minimum atomic E-state index is -0.00739. The molecule has 24 heavy (non-hydrogen) atoms. The van der Waals surface area contributed by atoms with Crippen LogP contribution in [0.3, 0.4) is 0 Å². The number of aliphatic imine (C=N–C) groups is 1. The molecular weight excluding hydrogens is 415 g/mol. The van der Waals surface area contributed by atoms with Crippen molar-refractivity contribution in [1.29, 1.82) is 0 Å². The van der Waals surface area contributed by atoms with E-state index in [-0.39, 0.29) is 42.5 Å². The molecule has 0 aliphatic rings. The molecule has 6 heteroatoms. The van der Waals surface area contributed by atoms with Gasteiger partial charge in [-0.1, -0.05) is 50.1 Å². The lowest BCUT2D eigenvalue weighted by molar-refractivity contribution is -0.127. The van der Waals surface area contributed by atoms with Gasteiger partial charge in [0.15, 0.2) is 5.96 Å². The second kappa shape index (κ2) is 13.0. The zero-order valence-electron chi connectivity index (χ0n) is 15.2. The molecule has 0 radical (unpaired) electrons. The second-order valence-corrected chi connectivity index (χ2v) is 5.86. The van der Waals surface area contributed by atoms with Gasteiger partial charge in [-0.25, -0.2) is 4.99 Å². The van der Waals surface area contributed by atoms with Crippen LogP contribution in [0.5, 0.6) is 0 Å². The fourth-order valence-corrected chi connectivity index (χ4v) is 2.05. The summed E-state index contributed by atoms with van der Waals surface area (Å²) in [6.45, 7) is 5.28. The van der Waals surface area contributed by atoms with Gasteiger partial charge in [-0.15, -0.1) is 24.0 Å². The number of hydrogen-bond donors (Lipinski definition) is 2. The number of rotatable bonds is 8. The number of nitrogens with zero attached hydrogens (tertiary/aromatic N) is 2.